The summed E-state index contributed by atoms with van der Waals surface area (Å²) in [5.41, 5.74) is 0.00759. The number of hydrogen-bond donors (Lipinski definition) is 1. The Kier molecular flexibility index (Phi) is 4.89. The highest BCUT2D eigenvalue weighted by molar-refractivity contribution is 5.70. The third-order valence-corrected chi connectivity index (χ3v) is 4.23. The van der Waals surface area contributed by atoms with Crippen LogP contribution in [0, 0.1) is 0 Å². The molecule has 3 aromatic heterocycles. The molecular weight excluding hydrogens is 324 g/mol. The van der Waals surface area contributed by atoms with E-state index in [9.17, 15) is 14.7 Å². The molecule has 8 nitrogen and oxygen atoms in total. The second-order valence-electron chi connectivity index (χ2n) is 6.28. The average molecular weight is 346 g/mol. The van der Waals surface area contributed by atoms with E-state index >= 15 is 0 Å². The van der Waals surface area contributed by atoms with Crippen molar-refractivity contribution in [2.24, 2.45) is 7.05 Å². The van der Waals surface area contributed by atoms with Crippen LogP contribution in [0.1, 0.15) is 31.9 Å². The van der Waals surface area contributed by atoms with Gasteiger partial charge in [0.2, 0.25) is 0 Å². The highest BCUT2D eigenvalue weighted by atomic mass is 16.3. The monoisotopic (exact) mass is 346 g/mol. The summed E-state index contributed by atoms with van der Waals surface area (Å²) in [7, 11) is 1.73. The van der Waals surface area contributed by atoms with E-state index in [1.165, 1.54) is 15.5 Å². The largest absolute Gasteiger partial charge is 0.467 e. The molecule has 0 aliphatic heterocycles. The van der Waals surface area contributed by atoms with Crippen molar-refractivity contribution in [3.8, 4) is 0 Å². The number of furan rings is 1. The lowest BCUT2D eigenvalue weighted by Crippen LogP contribution is -2.40. The molecule has 0 fully saturated rings. The molecule has 0 amide bonds. The maximum absolute atomic E-state index is 12.9. The third kappa shape index (κ3) is 3.43. The van der Waals surface area contributed by atoms with E-state index in [0.717, 1.165) is 6.42 Å². The number of rotatable bonds is 7. The summed E-state index contributed by atoms with van der Waals surface area (Å²) in [6, 6.07) is 3.53. The van der Waals surface area contributed by atoms with Crippen molar-refractivity contribution in [2.75, 3.05) is 0 Å². The zero-order chi connectivity index (χ0) is 18.0. The van der Waals surface area contributed by atoms with Crippen LogP contribution in [0.25, 0.3) is 11.2 Å². The molecule has 1 N–H and O–H groups in total. The lowest BCUT2D eigenvalue weighted by atomic mass is 10.2. The molecule has 0 aliphatic carbocycles. The van der Waals surface area contributed by atoms with Crippen molar-refractivity contribution in [1.29, 1.82) is 0 Å². The number of hydrogen-bond acceptors (Lipinski definition) is 5. The van der Waals surface area contributed by atoms with Gasteiger partial charge < -0.3 is 14.1 Å². The molecule has 0 aliphatic rings. The van der Waals surface area contributed by atoms with Gasteiger partial charge in [0.1, 0.15) is 5.76 Å². The minimum atomic E-state index is -0.398. The van der Waals surface area contributed by atoms with Crippen LogP contribution >= 0.6 is 0 Å². The maximum atomic E-state index is 12.9. The van der Waals surface area contributed by atoms with Crippen LogP contribution in [0.15, 0.2) is 38.7 Å². The summed E-state index contributed by atoms with van der Waals surface area (Å²) < 4.78 is 9.67. The van der Waals surface area contributed by atoms with Crippen LogP contribution in [-0.2, 0) is 20.1 Å². The molecule has 3 aromatic rings. The fraction of sp³-hybridized carbons (Fsp3) is 0.471. The Morgan fingerprint density at radius 1 is 1.28 bits per heavy atom. The number of fused-ring (bicyclic) bond motifs is 1. The average Bonchev–Trinajstić information content (AvgIpc) is 3.20. The molecule has 0 aromatic carbocycles. The van der Waals surface area contributed by atoms with Crippen LogP contribution in [0.3, 0.4) is 0 Å². The van der Waals surface area contributed by atoms with E-state index in [1.54, 1.807) is 36.9 Å². The molecule has 3 rings (SSSR count). The highest BCUT2D eigenvalue weighted by Crippen LogP contribution is 2.09. The number of aliphatic hydroxyl groups is 1. The quantitative estimate of drug-likeness (QED) is 0.646. The molecule has 0 spiro atoms. The molecule has 1 unspecified atom stereocenters. The van der Waals surface area contributed by atoms with Crippen molar-refractivity contribution in [1.82, 2.24) is 18.7 Å². The first-order valence-electron chi connectivity index (χ1n) is 8.34. The summed E-state index contributed by atoms with van der Waals surface area (Å²) in [5, 5.41) is 9.34. The van der Waals surface area contributed by atoms with E-state index in [0.29, 0.717) is 36.3 Å². The molecule has 0 saturated heterocycles. The normalized spacial score (nSPS) is 12.8. The Hall–Kier alpha value is -2.61. The number of nitrogens with zero attached hydrogens (tertiary/aromatic N) is 4. The topological polar surface area (TPSA) is 95.2 Å². The van der Waals surface area contributed by atoms with Crippen molar-refractivity contribution < 1.29 is 9.52 Å². The summed E-state index contributed by atoms with van der Waals surface area (Å²) in [5.74, 6) is 0.619. The predicted molar refractivity (Wildman–Crippen MR) is 92.6 cm³/mol. The summed E-state index contributed by atoms with van der Waals surface area (Å²) >= 11 is 0. The SMILES string of the molecule is CC(O)CCCCn1c(=O)c2c(ncn2C)n(Cc2ccco2)c1=O. The fourth-order valence-electron chi connectivity index (χ4n) is 2.92. The van der Waals surface area contributed by atoms with Crippen LogP contribution in [-0.4, -0.2) is 29.9 Å². The highest BCUT2D eigenvalue weighted by Gasteiger charge is 2.17. The number of imidazole rings is 1. The lowest BCUT2D eigenvalue weighted by Gasteiger charge is -2.11. The van der Waals surface area contributed by atoms with Gasteiger partial charge in [-0.05, 0) is 38.3 Å². The summed E-state index contributed by atoms with van der Waals surface area (Å²) in [4.78, 5) is 29.8. The first kappa shape index (κ1) is 17.2. The van der Waals surface area contributed by atoms with Gasteiger partial charge in [-0.2, -0.15) is 0 Å². The van der Waals surface area contributed by atoms with E-state index in [1.807, 2.05) is 0 Å². The van der Waals surface area contributed by atoms with Gasteiger partial charge in [-0.3, -0.25) is 13.9 Å². The molecule has 134 valence electrons. The first-order chi connectivity index (χ1) is 12.0. The van der Waals surface area contributed by atoms with Gasteiger partial charge in [0, 0.05) is 13.6 Å². The van der Waals surface area contributed by atoms with Gasteiger partial charge in [0.15, 0.2) is 11.2 Å². The van der Waals surface area contributed by atoms with Crippen molar-refractivity contribution >= 4 is 11.2 Å². The van der Waals surface area contributed by atoms with Gasteiger partial charge >= 0.3 is 5.69 Å². The van der Waals surface area contributed by atoms with Crippen molar-refractivity contribution in [2.45, 2.75) is 45.4 Å². The van der Waals surface area contributed by atoms with Gasteiger partial charge in [0.05, 0.1) is 25.2 Å². The minimum Gasteiger partial charge on any atom is -0.467 e. The van der Waals surface area contributed by atoms with E-state index in [4.69, 9.17) is 4.42 Å². The van der Waals surface area contributed by atoms with Gasteiger partial charge in [-0.15, -0.1) is 0 Å². The number of aliphatic hydroxyl groups excluding tert-OH is 1. The zero-order valence-corrected chi connectivity index (χ0v) is 14.4. The van der Waals surface area contributed by atoms with E-state index in [-0.39, 0.29) is 18.2 Å². The maximum Gasteiger partial charge on any atom is 0.333 e. The van der Waals surface area contributed by atoms with Crippen LogP contribution in [0.2, 0.25) is 0 Å². The molecule has 8 heteroatoms. The van der Waals surface area contributed by atoms with Crippen LogP contribution in [0.5, 0.6) is 0 Å². The van der Waals surface area contributed by atoms with Gasteiger partial charge in [0.25, 0.3) is 5.56 Å². The Balaban J connectivity index is 2.02. The Bertz CT molecular complexity index is 963. The van der Waals surface area contributed by atoms with Gasteiger partial charge in [-0.1, -0.05) is 0 Å². The lowest BCUT2D eigenvalue weighted by molar-refractivity contribution is 0.180. The minimum absolute atomic E-state index is 0.216. The Labute approximate surface area is 143 Å². The molecule has 0 bridgehead atoms. The van der Waals surface area contributed by atoms with E-state index < -0.39 is 5.69 Å². The zero-order valence-electron chi connectivity index (χ0n) is 14.4. The summed E-state index contributed by atoms with van der Waals surface area (Å²) in [6.07, 6.45) is 4.72. The second-order valence-corrected chi connectivity index (χ2v) is 6.28. The standard InChI is InChI=1S/C17H22N4O4/c1-12(22)6-3-4-8-20-16(23)14-15(18-11-19(14)2)21(17(20)24)10-13-7-5-9-25-13/h5,7,9,11-12,22H,3-4,6,8,10H2,1-2H3. The number of unbranched alkanes of at least 4 members (excludes halogenated alkanes) is 1. The molecular formula is C17H22N4O4. The number of aromatic nitrogens is 4. The van der Waals surface area contributed by atoms with Crippen LogP contribution in [0.4, 0.5) is 0 Å². The molecule has 0 radical (unpaired) electrons. The third-order valence-electron chi connectivity index (χ3n) is 4.23. The Morgan fingerprint density at radius 3 is 2.76 bits per heavy atom. The molecule has 0 saturated carbocycles. The molecule has 25 heavy (non-hydrogen) atoms. The second kappa shape index (κ2) is 7.10. The predicted octanol–water partition coefficient (Wildman–Crippen LogP) is 1.09. The molecule has 3 heterocycles. The number of aryl methyl sites for hydroxylation is 1. The molecule has 1 atom stereocenters. The van der Waals surface area contributed by atoms with Crippen molar-refractivity contribution in [3.05, 3.63) is 51.3 Å². The first-order valence-corrected chi connectivity index (χ1v) is 8.34. The van der Waals surface area contributed by atoms with E-state index in [2.05, 4.69) is 4.98 Å². The van der Waals surface area contributed by atoms with Gasteiger partial charge in [-0.25, -0.2) is 9.78 Å². The summed E-state index contributed by atoms with van der Waals surface area (Å²) in [6.45, 7) is 2.25. The fourth-order valence-corrected chi connectivity index (χ4v) is 2.92. The smallest absolute Gasteiger partial charge is 0.333 e. The van der Waals surface area contributed by atoms with Crippen molar-refractivity contribution in [3.63, 3.8) is 0 Å². The Morgan fingerprint density at radius 2 is 2.08 bits per heavy atom. The van der Waals surface area contributed by atoms with Crippen LogP contribution < -0.4 is 11.2 Å².